The number of carbonyl (C=O) groups excluding carboxylic acids is 3. The van der Waals surface area contributed by atoms with Gasteiger partial charge in [0.05, 0.1) is 23.1 Å². The molecule has 0 aromatic heterocycles. The third-order valence-electron chi connectivity index (χ3n) is 4.92. The van der Waals surface area contributed by atoms with Gasteiger partial charge in [-0.3, -0.25) is 19.7 Å². The molecular weight excluding hydrogens is 402 g/mol. The lowest BCUT2D eigenvalue weighted by molar-refractivity contribution is -0.384. The summed E-state index contributed by atoms with van der Waals surface area (Å²) in [6.45, 7) is 2.84. The van der Waals surface area contributed by atoms with E-state index in [1.165, 1.54) is 35.4 Å². The molecule has 2 aromatic rings. The van der Waals surface area contributed by atoms with Crippen molar-refractivity contribution in [2.24, 2.45) is 5.92 Å². The normalized spacial score (nSPS) is 16.3. The summed E-state index contributed by atoms with van der Waals surface area (Å²) in [7, 11) is 0. The number of hydrogen-bond donors (Lipinski definition) is 0. The second kappa shape index (κ2) is 8.78. The van der Waals surface area contributed by atoms with Crippen LogP contribution in [0.2, 0.25) is 0 Å². The molecule has 1 aliphatic rings. The lowest BCUT2D eigenvalue weighted by Gasteiger charge is -2.41. The molecule has 0 bridgehead atoms. The molecule has 0 saturated heterocycles. The van der Waals surface area contributed by atoms with Crippen molar-refractivity contribution in [3.63, 3.8) is 0 Å². The van der Waals surface area contributed by atoms with Gasteiger partial charge in [-0.1, -0.05) is 44.2 Å². The Balaban J connectivity index is 2.11. The van der Waals surface area contributed by atoms with Gasteiger partial charge in [0, 0.05) is 23.9 Å². The monoisotopic (exact) mass is 422 g/mol. The standard InChI is InChI=1S/C22H21N3O6/c1-14(2)20-22(29)23(13-19(26)27)18(15-6-4-3-5-7-15)12-24(20)21(28)16-8-10-17(11-9-16)25(30)31/h3-12,14,20H,13H2,1-2H3,(H,26,27)/p-1. The van der Waals surface area contributed by atoms with Gasteiger partial charge in [0.1, 0.15) is 6.04 Å². The number of carboxylic acids is 1. The first-order valence-corrected chi connectivity index (χ1v) is 9.56. The van der Waals surface area contributed by atoms with E-state index >= 15 is 0 Å². The number of nitrogens with zero attached hydrogens (tertiary/aromatic N) is 3. The van der Waals surface area contributed by atoms with Crippen molar-refractivity contribution in [2.75, 3.05) is 6.54 Å². The van der Waals surface area contributed by atoms with E-state index < -0.39 is 35.3 Å². The van der Waals surface area contributed by atoms with Crippen LogP contribution in [0.25, 0.3) is 5.70 Å². The van der Waals surface area contributed by atoms with E-state index in [1.54, 1.807) is 44.2 Å². The number of benzene rings is 2. The average molecular weight is 422 g/mol. The molecule has 2 amide bonds. The molecule has 0 aliphatic carbocycles. The lowest BCUT2D eigenvalue weighted by Crippen LogP contribution is -2.56. The Kier molecular flexibility index (Phi) is 6.15. The molecule has 0 spiro atoms. The van der Waals surface area contributed by atoms with Crippen molar-refractivity contribution >= 4 is 29.2 Å². The van der Waals surface area contributed by atoms with E-state index in [4.69, 9.17) is 0 Å². The molecule has 1 atom stereocenters. The van der Waals surface area contributed by atoms with Crippen LogP contribution in [0.5, 0.6) is 0 Å². The Labute approximate surface area is 178 Å². The first-order chi connectivity index (χ1) is 14.7. The summed E-state index contributed by atoms with van der Waals surface area (Å²) in [5, 5.41) is 22.2. The van der Waals surface area contributed by atoms with Crippen LogP contribution in [0.3, 0.4) is 0 Å². The molecule has 0 fully saturated rings. The number of rotatable bonds is 6. The summed E-state index contributed by atoms with van der Waals surface area (Å²) in [5.41, 5.74) is 0.816. The minimum atomic E-state index is -1.42. The summed E-state index contributed by atoms with van der Waals surface area (Å²) in [5.74, 6) is -2.82. The molecule has 1 unspecified atom stereocenters. The minimum Gasteiger partial charge on any atom is -0.548 e. The third kappa shape index (κ3) is 4.45. The van der Waals surface area contributed by atoms with Gasteiger partial charge >= 0.3 is 0 Å². The summed E-state index contributed by atoms with van der Waals surface area (Å²) >= 11 is 0. The molecule has 0 radical (unpaired) electrons. The summed E-state index contributed by atoms with van der Waals surface area (Å²) < 4.78 is 0. The average Bonchev–Trinajstić information content (AvgIpc) is 2.74. The predicted octanol–water partition coefficient (Wildman–Crippen LogP) is 1.65. The highest BCUT2D eigenvalue weighted by atomic mass is 16.6. The van der Waals surface area contributed by atoms with Crippen molar-refractivity contribution in [3.8, 4) is 0 Å². The number of carbonyl (C=O) groups is 3. The molecule has 1 heterocycles. The zero-order valence-corrected chi connectivity index (χ0v) is 16.9. The highest BCUT2D eigenvalue weighted by molar-refractivity contribution is 6.03. The fourth-order valence-electron chi connectivity index (χ4n) is 3.48. The van der Waals surface area contributed by atoms with E-state index in [9.17, 15) is 29.6 Å². The maximum atomic E-state index is 13.3. The smallest absolute Gasteiger partial charge is 0.269 e. The number of non-ortho nitro benzene ring substituents is 1. The van der Waals surface area contributed by atoms with E-state index in [1.807, 2.05) is 0 Å². The maximum Gasteiger partial charge on any atom is 0.269 e. The number of nitro benzene ring substituents is 1. The molecule has 2 aromatic carbocycles. The zero-order valence-electron chi connectivity index (χ0n) is 16.9. The molecule has 1 aliphatic heterocycles. The molecule has 31 heavy (non-hydrogen) atoms. The first-order valence-electron chi connectivity index (χ1n) is 9.56. The number of carboxylic acid groups (broad SMARTS) is 1. The van der Waals surface area contributed by atoms with E-state index in [-0.39, 0.29) is 22.9 Å². The lowest BCUT2D eigenvalue weighted by atomic mass is 9.96. The highest BCUT2D eigenvalue weighted by Crippen LogP contribution is 2.31. The van der Waals surface area contributed by atoms with Crippen LogP contribution in [-0.4, -0.2) is 45.1 Å². The number of amides is 2. The van der Waals surface area contributed by atoms with Crippen molar-refractivity contribution < 1.29 is 24.4 Å². The second-order valence-corrected chi connectivity index (χ2v) is 7.38. The summed E-state index contributed by atoms with van der Waals surface area (Å²) in [6, 6.07) is 12.8. The SMILES string of the molecule is CC(C)C1C(=O)N(CC(=O)[O-])C(c2ccccc2)=CN1C(=O)c1ccc([N+](=O)[O-])cc1. The fourth-order valence-corrected chi connectivity index (χ4v) is 3.48. The first kappa shape index (κ1) is 21.7. The highest BCUT2D eigenvalue weighted by Gasteiger charge is 2.40. The number of hydrogen-bond acceptors (Lipinski definition) is 6. The van der Waals surface area contributed by atoms with Crippen LogP contribution in [0, 0.1) is 16.0 Å². The van der Waals surface area contributed by atoms with Crippen LogP contribution in [0.1, 0.15) is 29.8 Å². The Hall–Kier alpha value is -4.01. The zero-order chi connectivity index (χ0) is 22.7. The van der Waals surface area contributed by atoms with Gasteiger partial charge in [-0.05, 0) is 23.6 Å². The Morgan fingerprint density at radius 1 is 1.06 bits per heavy atom. The van der Waals surface area contributed by atoms with Gasteiger partial charge < -0.3 is 19.7 Å². The van der Waals surface area contributed by atoms with Crippen LogP contribution in [0.15, 0.2) is 60.8 Å². The molecule has 3 rings (SSSR count). The topological polar surface area (TPSA) is 124 Å². The van der Waals surface area contributed by atoms with Gasteiger partial charge in [-0.2, -0.15) is 0 Å². The van der Waals surface area contributed by atoms with E-state index in [2.05, 4.69) is 0 Å². The number of nitro groups is 1. The maximum absolute atomic E-state index is 13.3. The van der Waals surface area contributed by atoms with Crippen LogP contribution in [0.4, 0.5) is 5.69 Å². The molecule has 160 valence electrons. The Morgan fingerprint density at radius 3 is 2.19 bits per heavy atom. The summed E-state index contributed by atoms with van der Waals surface area (Å²) in [6.07, 6.45) is 1.45. The van der Waals surface area contributed by atoms with Gasteiger partial charge in [0.2, 0.25) is 0 Å². The van der Waals surface area contributed by atoms with Crippen molar-refractivity contribution in [2.45, 2.75) is 19.9 Å². The molecule has 0 N–H and O–H groups in total. The largest absolute Gasteiger partial charge is 0.548 e. The van der Waals surface area contributed by atoms with Gasteiger partial charge in [0.25, 0.3) is 17.5 Å². The van der Waals surface area contributed by atoms with Crippen molar-refractivity contribution in [1.29, 1.82) is 0 Å². The van der Waals surface area contributed by atoms with Crippen LogP contribution < -0.4 is 5.11 Å². The van der Waals surface area contributed by atoms with E-state index in [0.717, 1.165) is 4.90 Å². The number of aliphatic carboxylic acids is 1. The van der Waals surface area contributed by atoms with E-state index in [0.29, 0.717) is 5.56 Å². The predicted molar refractivity (Wildman–Crippen MR) is 109 cm³/mol. The molecule has 9 heteroatoms. The quantitative estimate of drug-likeness (QED) is 0.515. The second-order valence-electron chi connectivity index (χ2n) is 7.38. The molecule has 9 nitrogen and oxygen atoms in total. The minimum absolute atomic E-state index is 0.160. The third-order valence-corrected chi connectivity index (χ3v) is 4.92. The van der Waals surface area contributed by atoms with Crippen molar-refractivity contribution in [1.82, 2.24) is 9.80 Å². The van der Waals surface area contributed by atoms with Crippen molar-refractivity contribution in [3.05, 3.63) is 82.0 Å². The van der Waals surface area contributed by atoms with Gasteiger partial charge in [-0.25, -0.2) is 0 Å². The van der Waals surface area contributed by atoms with Gasteiger partial charge in [-0.15, -0.1) is 0 Å². The fraction of sp³-hybridized carbons (Fsp3) is 0.227. The Morgan fingerprint density at radius 2 is 1.68 bits per heavy atom. The Bertz CT molecular complexity index is 1050. The molecule has 0 saturated carbocycles. The summed E-state index contributed by atoms with van der Waals surface area (Å²) in [4.78, 5) is 50.6. The van der Waals surface area contributed by atoms with Gasteiger partial charge in [0.15, 0.2) is 0 Å². The van der Waals surface area contributed by atoms with Crippen LogP contribution >= 0.6 is 0 Å². The van der Waals surface area contributed by atoms with Crippen LogP contribution in [-0.2, 0) is 9.59 Å². The molecular formula is C22H20N3O6-.